The Balaban J connectivity index is 2.88. The Kier molecular flexibility index (Phi) is 3.42. The lowest BCUT2D eigenvalue weighted by atomic mass is 10.1. The molecule has 1 aromatic rings. The summed E-state index contributed by atoms with van der Waals surface area (Å²) in [4.78, 5) is 0. The minimum absolute atomic E-state index is 0.203. The van der Waals surface area contributed by atoms with Crippen LogP contribution in [0.1, 0.15) is 18.0 Å². The highest BCUT2D eigenvalue weighted by Crippen LogP contribution is 2.34. The first-order chi connectivity index (χ1) is 5.65. The van der Waals surface area contributed by atoms with Gasteiger partial charge in [-0.15, -0.1) is 23.7 Å². The SMILES string of the molecule is C#CCC(N)c1cc(Cl)sc1Cl. The molecule has 0 aliphatic carbocycles. The fourth-order valence-electron chi connectivity index (χ4n) is 0.843. The summed E-state index contributed by atoms with van der Waals surface area (Å²) in [6.45, 7) is 0. The standard InChI is InChI=1S/C8H7Cl2NS/c1-2-3-6(11)5-4-7(9)12-8(5)10/h1,4,6H,3,11H2. The largest absolute Gasteiger partial charge is 0.323 e. The fourth-order valence-corrected chi connectivity index (χ4v) is 2.44. The predicted octanol–water partition coefficient (Wildman–Crippen LogP) is 3.08. The Bertz CT molecular complexity index is 313. The van der Waals surface area contributed by atoms with Gasteiger partial charge in [0.05, 0.1) is 8.67 Å². The van der Waals surface area contributed by atoms with Crippen molar-refractivity contribution in [3.05, 3.63) is 20.3 Å². The molecular weight excluding hydrogens is 213 g/mol. The third-order valence-corrected chi connectivity index (χ3v) is 2.94. The number of thiophene rings is 1. The zero-order chi connectivity index (χ0) is 9.14. The van der Waals surface area contributed by atoms with E-state index in [1.54, 1.807) is 6.07 Å². The van der Waals surface area contributed by atoms with Gasteiger partial charge in [-0.3, -0.25) is 0 Å². The molecule has 0 bridgehead atoms. The molecule has 4 heteroatoms. The summed E-state index contributed by atoms with van der Waals surface area (Å²) in [5.74, 6) is 2.48. The van der Waals surface area contributed by atoms with Crippen molar-refractivity contribution in [2.75, 3.05) is 0 Å². The number of halogens is 2. The Morgan fingerprint density at radius 2 is 2.33 bits per heavy atom. The zero-order valence-electron chi connectivity index (χ0n) is 6.18. The monoisotopic (exact) mass is 219 g/mol. The van der Waals surface area contributed by atoms with E-state index in [0.29, 0.717) is 15.1 Å². The molecule has 0 aliphatic heterocycles. The van der Waals surface area contributed by atoms with E-state index in [-0.39, 0.29) is 6.04 Å². The van der Waals surface area contributed by atoms with Crippen LogP contribution in [-0.4, -0.2) is 0 Å². The molecule has 0 saturated heterocycles. The molecule has 1 unspecified atom stereocenters. The van der Waals surface area contributed by atoms with Crippen LogP contribution in [0.25, 0.3) is 0 Å². The quantitative estimate of drug-likeness (QED) is 0.761. The van der Waals surface area contributed by atoms with Crippen molar-refractivity contribution in [2.45, 2.75) is 12.5 Å². The van der Waals surface area contributed by atoms with E-state index in [1.807, 2.05) is 0 Å². The summed E-state index contributed by atoms with van der Waals surface area (Å²) in [7, 11) is 0. The average molecular weight is 220 g/mol. The Morgan fingerprint density at radius 3 is 2.75 bits per heavy atom. The van der Waals surface area contributed by atoms with Crippen LogP contribution >= 0.6 is 34.5 Å². The Hall–Kier alpha value is -0.200. The van der Waals surface area contributed by atoms with E-state index < -0.39 is 0 Å². The lowest BCUT2D eigenvalue weighted by molar-refractivity contribution is 0.758. The molecular formula is C8H7Cl2NS. The van der Waals surface area contributed by atoms with Gasteiger partial charge < -0.3 is 5.73 Å². The Labute approximate surface area is 85.5 Å². The fraction of sp³-hybridized carbons (Fsp3) is 0.250. The lowest BCUT2D eigenvalue weighted by Crippen LogP contribution is -2.08. The number of hydrogen-bond donors (Lipinski definition) is 1. The van der Waals surface area contributed by atoms with Crippen molar-refractivity contribution in [3.8, 4) is 12.3 Å². The first kappa shape index (κ1) is 9.88. The van der Waals surface area contributed by atoms with E-state index >= 15 is 0 Å². The molecule has 1 atom stereocenters. The average Bonchev–Trinajstić information content (AvgIpc) is 2.30. The topological polar surface area (TPSA) is 26.0 Å². The summed E-state index contributed by atoms with van der Waals surface area (Å²) in [5, 5.41) is 0. The van der Waals surface area contributed by atoms with Crippen LogP contribution in [0, 0.1) is 12.3 Å². The first-order valence-corrected chi connectivity index (χ1v) is 4.86. The van der Waals surface area contributed by atoms with Crippen molar-refractivity contribution < 1.29 is 0 Å². The molecule has 0 fully saturated rings. The van der Waals surface area contributed by atoms with Crippen LogP contribution in [0.4, 0.5) is 0 Å². The summed E-state index contributed by atoms with van der Waals surface area (Å²) >= 11 is 12.9. The van der Waals surface area contributed by atoms with E-state index in [1.165, 1.54) is 11.3 Å². The molecule has 1 nitrogen and oxygen atoms in total. The van der Waals surface area contributed by atoms with Gasteiger partial charge in [0.15, 0.2) is 0 Å². The van der Waals surface area contributed by atoms with Crippen molar-refractivity contribution >= 4 is 34.5 Å². The molecule has 1 aromatic heterocycles. The molecule has 0 aromatic carbocycles. The second kappa shape index (κ2) is 4.15. The lowest BCUT2D eigenvalue weighted by Gasteiger charge is -2.04. The van der Waals surface area contributed by atoms with Gasteiger partial charge in [0.25, 0.3) is 0 Å². The van der Waals surface area contributed by atoms with Gasteiger partial charge in [-0.05, 0) is 6.07 Å². The maximum Gasteiger partial charge on any atom is 0.0992 e. The predicted molar refractivity (Wildman–Crippen MR) is 54.7 cm³/mol. The summed E-state index contributed by atoms with van der Waals surface area (Å²) < 4.78 is 1.27. The third-order valence-electron chi connectivity index (χ3n) is 1.42. The molecule has 64 valence electrons. The van der Waals surface area contributed by atoms with Gasteiger partial charge in [0, 0.05) is 18.0 Å². The van der Waals surface area contributed by atoms with Crippen molar-refractivity contribution in [2.24, 2.45) is 5.73 Å². The van der Waals surface area contributed by atoms with E-state index in [9.17, 15) is 0 Å². The van der Waals surface area contributed by atoms with Gasteiger partial charge in [-0.2, -0.15) is 0 Å². The molecule has 1 heterocycles. The number of rotatable bonds is 2. The third kappa shape index (κ3) is 2.15. The molecule has 2 N–H and O–H groups in total. The number of terminal acetylenes is 1. The minimum Gasteiger partial charge on any atom is -0.323 e. The van der Waals surface area contributed by atoms with Gasteiger partial charge >= 0.3 is 0 Å². The molecule has 12 heavy (non-hydrogen) atoms. The number of hydrogen-bond acceptors (Lipinski definition) is 2. The van der Waals surface area contributed by atoms with Crippen molar-refractivity contribution in [1.29, 1.82) is 0 Å². The smallest absolute Gasteiger partial charge is 0.0992 e. The van der Waals surface area contributed by atoms with E-state index in [2.05, 4.69) is 5.92 Å². The Morgan fingerprint density at radius 1 is 1.67 bits per heavy atom. The van der Waals surface area contributed by atoms with Crippen LogP contribution in [0.2, 0.25) is 8.67 Å². The molecule has 0 amide bonds. The van der Waals surface area contributed by atoms with Crippen LogP contribution in [0.5, 0.6) is 0 Å². The van der Waals surface area contributed by atoms with Crippen molar-refractivity contribution in [3.63, 3.8) is 0 Å². The summed E-state index contributed by atoms with van der Waals surface area (Å²) in [6, 6.07) is 1.56. The molecule has 0 radical (unpaired) electrons. The normalized spacial score (nSPS) is 12.5. The number of nitrogens with two attached hydrogens (primary N) is 1. The highest BCUT2D eigenvalue weighted by atomic mass is 35.5. The van der Waals surface area contributed by atoms with Crippen LogP contribution in [0.15, 0.2) is 6.07 Å². The maximum atomic E-state index is 5.86. The van der Waals surface area contributed by atoms with Crippen LogP contribution in [-0.2, 0) is 0 Å². The van der Waals surface area contributed by atoms with Gasteiger partial charge in [-0.25, -0.2) is 0 Å². The second-order valence-electron chi connectivity index (χ2n) is 2.29. The minimum atomic E-state index is -0.203. The van der Waals surface area contributed by atoms with Gasteiger partial charge in [0.1, 0.15) is 0 Å². The highest BCUT2D eigenvalue weighted by molar-refractivity contribution is 7.20. The van der Waals surface area contributed by atoms with Gasteiger partial charge in [0.2, 0.25) is 0 Å². The maximum absolute atomic E-state index is 5.86. The molecule has 0 aliphatic rings. The summed E-state index contributed by atoms with van der Waals surface area (Å²) in [6.07, 6.45) is 5.60. The first-order valence-electron chi connectivity index (χ1n) is 3.29. The summed E-state index contributed by atoms with van der Waals surface area (Å²) in [5.41, 5.74) is 6.58. The van der Waals surface area contributed by atoms with Crippen molar-refractivity contribution in [1.82, 2.24) is 0 Å². The van der Waals surface area contributed by atoms with Gasteiger partial charge in [-0.1, -0.05) is 23.2 Å². The molecule has 0 spiro atoms. The zero-order valence-corrected chi connectivity index (χ0v) is 8.51. The molecule has 1 rings (SSSR count). The van der Waals surface area contributed by atoms with E-state index in [4.69, 9.17) is 35.4 Å². The molecule has 0 saturated carbocycles. The van der Waals surface area contributed by atoms with E-state index in [0.717, 1.165) is 5.56 Å². The van der Waals surface area contributed by atoms with Crippen LogP contribution < -0.4 is 5.73 Å². The highest BCUT2D eigenvalue weighted by Gasteiger charge is 2.12. The van der Waals surface area contributed by atoms with Crippen LogP contribution in [0.3, 0.4) is 0 Å². The second-order valence-corrected chi connectivity index (χ2v) is 4.58.